The van der Waals surface area contributed by atoms with Gasteiger partial charge in [-0.05, 0) is 47.4 Å². The topological polar surface area (TPSA) is 83.6 Å². The average molecular weight is 452 g/mol. The number of nitrogens with zero attached hydrogens (tertiary/aromatic N) is 3. The zero-order valence-corrected chi connectivity index (χ0v) is 18.5. The lowest BCUT2D eigenvalue weighted by Gasteiger charge is -2.09. The summed E-state index contributed by atoms with van der Waals surface area (Å²) in [6.07, 6.45) is 4.08. The van der Waals surface area contributed by atoms with E-state index in [2.05, 4.69) is 43.7 Å². The van der Waals surface area contributed by atoms with Crippen LogP contribution < -0.4 is 5.32 Å². The van der Waals surface area contributed by atoms with E-state index >= 15 is 0 Å². The van der Waals surface area contributed by atoms with Gasteiger partial charge in [0.05, 0.1) is 11.6 Å². The van der Waals surface area contributed by atoms with Crippen LogP contribution in [-0.2, 0) is 12.2 Å². The summed E-state index contributed by atoms with van der Waals surface area (Å²) in [4.78, 5) is 21.4. The summed E-state index contributed by atoms with van der Waals surface area (Å²) in [5, 5.41) is 11.7. The molecule has 3 aromatic carbocycles. The van der Waals surface area contributed by atoms with Gasteiger partial charge in [-0.1, -0.05) is 54.6 Å². The first-order chi connectivity index (χ1) is 16.2. The quantitative estimate of drug-likeness (QED) is 0.253. The molecule has 5 rings (SSSR count). The fraction of sp³-hybridized carbons (Fsp3) is 0.0769. The lowest BCUT2D eigenvalue weighted by atomic mass is 10.0. The van der Waals surface area contributed by atoms with Crippen LogP contribution in [-0.4, -0.2) is 26.1 Å². The van der Waals surface area contributed by atoms with Crippen molar-refractivity contribution in [2.45, 2.75) is 17.2 Å². The lowest BCUT2D eigenvalue weighted by Crippen LogP contribution is -2.12. The lowest BCUT2D eigenvalue weighted by molar-refractivity contribution is 0.102. The van der Waals surface area contributed by atoms with Crippen LogP contribution in [0.2, 0.25) is 0 Å². The van der Waals surface area contributed by atoms with Crippen molar-refractivity contribution in [2.24, 2.45) is 0 Å². The van der Waals surface area contributed by atoms with Crippen LogP contribution in [0.15, 0.2) is 96.4 Å². The Morgan fingerprint density at radius 3 is 2.61 bits per heavy atom. The molecule has 0 saturated carbocycles. The van der Waals surface area contributed by atoms with Crippen molar-refractivity contribution >= 4 is 34.4 Å². The van der Waals surface area contributed by atoms with Gasteiger partial charge in [-0.25, -0.2) is 9.97 Å². The molecule has 33 heavy (non-hydrogen) atoms. The number of carbonyl (C=O) groups excluding carboxylic acids is 1. The van der Waals surface area contributed by atoms with E-state index in [1.54, 1.807) is 18.0 Å². The summed E-state index contributed by atoms with van der Waals surface area (Å²) < 4.78 is 0. The van der Waals surface area contributed by atoms with Crippen LogP contribution in [0.5, 0.6) is 0 Å². The molecule has 6 nitrogen and oxygen atoms in total. The Bertz CT molecular complexity index is 1400. The van der Waals surface area contributed by atoms with Crippen molar-refractivity contribution in [3.8, 4) is 0 Å². The molecule has 1 amide bonds. The minimum absolute atomic E-state index is 0.127. The Morgan fingerprint density at radius 2 is 1.70 bits per heavy atom. The second kappa shape index (κ2) is 9.67. The number of amides is 1. The Morgan fingerprint density at radius 1 is 0.879 bits per heavy atom. The van der Waals surface area contributed by atoms with Crippen LogP contribution in [0.4, 0.5) is 5.69 Å². The molecular weight excluding hydrogens is 430 g/mol. The van der Waals surface area contributed by atoms with E-state index in [4.69, 9.17) is 0 Å². The zero-order chi connectivity index (χ0) is 22.5. The molecule has 0 radical (unpaired) electrons. The third kappa shape index (κ3) is 5.10. The molecule has 2 N–H and O–H groups in total. The number of H-pyrrole nitrogens is 1. The normalized spacial score (nSPS) is 10.9. The molecule has 2 heterocycles. The molecule has 0 aliphatic rings. The summed E-state index contributed by atoms with van der Waals surface area (Å²) in [5.74, 6) is 0.559. The van der Waals surface area contributed by atoms with Crippen LogP contribution >= 0.6 is 11.8 Å². The number of aromatic nitrogens is 4. The molecule has 0 atom stereocenters. The van der Waals surface area contributed by atoms with Crippen molar-refractivity contribution in [3.05, 3.63) is 114 Å². The van der Waals surface area contributed by atoms with Gasteiger partial charge in [0, 0.05) is 17.0 Å². The van der Waals surface area contributed by atoms with Gasteiger partial charge >= 0.3 is 0 Å². The third-order valence-electron chi connectivity index (χ3n) is 5.21. The summed E-state index contributed by atoms with van der Waals surface area (Å²) in [7, 11) is 0. The molecule has 162 valence electrons. The number of anilines is 1. The predicted octanol–water partition coefficient (Wildman–Crippen LogP) is 5.49. The standard InChI is InChI=1S/C26H21N5OS/c32-25(30-22-11-5-8-19(14-22)12-18-6-2-1-3-7-18)21-10-4-9-20(13-21)16-33-26-23-15-29-31-24(23)27-17-28-26/h1-11,13-15,17H,12,16H2,(H,30,32)(H,27,28,29,31). The monoisotopic (exact) mass is 451 g/mol. The van der Waals surface area contributed by atoms with Crippen molar-refractivity contribution in [2.75, 3.05) is 5.32 Å². The first-order valence-electron chi connectivity index (χ1n) is 10.5. The fourth-order valence-electron chi connectivity index (χ4n) is 3.61. The minimum Gasteiger partial charge on any atom is -0.322 e. The summed E-state index contributed by atoms with van der Waals surface area (Å²) in [6.45, 7) is 0. The molecule has 0 fully saturated rings. The zero-order valence-electron chi connectivity index (χ0n) is 17.7. The fourth-order valence-corrected chi connectivity index (χ4v) is 4.52. The highest BCUT2D eigenvalue weighted by molar-refractivity contribution is 7.98. The number of fused-ring (bicyclic) bond motifs is 1. The second-order valence-corrected chi connectivity index (χ2v) is 8.58. The molecule has 0 aliphatic heterocycles. The molecular formula is C26H21N5OS. The molecule has 0 bridgehead atoms. The van der Waals surface area contributed by atoms with Crippen LogP contribution in [0.1, 0.15) is 27.0 Å². The summed E-state index contributed by atoms with van der Waals surface area (Å²) in [5.41, 5.74) is 5.56. The smallest absolute Gasteiger partial charge is 0.255 e. The number of hydrogen-bond acceptors (Lipinski definition) is 5. The highest BCUT2D eigenvalue weighted by Gasteiger charge is 2.10. The summed E-state index contributed by atoms with van der Waals surface area (Å²) >= 11 is 1.59. The van der Waals surface area contributed by atoms with Crippen molar-refractivity contribution in [1.29, 1.82) is 0 Å². The van der Waals surface area contributed by atoms with Gasteiger partial charge < -0.3 is 5.32 Å². The third-order valence-corrected chi connectivity index (χ3v) is 6.29. The van der Waals surface area contributed by atoms with Crippen LogP contribution in [0.25, 0.3) is 11.0 Å². The number of thioether (sulfide) groups is 1. The number of benzene rings is 3. The molecule has 0 spiro atoms. The van der Waals surface area contributed by atoms with Crippen molar-refractivity contribution in [1.82, 2.24) is 20.2 Å². The Kier molecular flexibility index (Phi) is 6.12. The first kappa shape index (κ1) is 20.9. The molecule has 5 aromatic rings. The van der Waals surface area contributed by atoms with Gasteiger partial charge in [-0.3, -0.25) is 9.89 Å². The SMILES string of the molecule is O=C(Nc1cccc(Cc2ccccc2)c1)c1cccc(CSc2ncnc3[nH]ncc23)c1. The van der Waals surface area contributed by atoms with Gasteiger partial charge in [0.1, 0.15) is 11.4 Å². The van der Waals surface area contributed by atoms with Crippen molar-refractivity contribution in [3.63, 3.8) is 0 Å². The van der Waals surface area contributed by atoms with Gasteiger partial charge in [0.2, 0.25) is 0 Å². The number of carbonyl (C=O) groups is 1. The Labute approximate surface area is 195 Å². The summed E-state index contributed by atoms with van der Waals surface area (Å²) in [6, 6.07) is 25.9. The molecule has 0 aliphatic carbocycles. The van der Waals surface area contributed by atoms with Crippen LogP contribution in [0.3, 0.4) is 0 Å². The van der Waals surface area contributed by atoms with Crippen LogP contribution in [0, 0.1) is 0 Å². The molecule has 0 saturated heterocycles. The van der Waals surface area contributed by atoms with Gasteiger partial charge in [0.15, 0.2) is 5.65 Å². The number of nitrogens with one attached hydrogen (secondary N) is 2. The molecule has 0 unspecified atom stereocenters. The highest BCUT2D eigenvalue weighted by atomic mass is 32.2. The molecule has 7 heteroatoms. The van der Waals surface area contributed by atoms with E-state index in [1.165, 1.54) is 11.9 Å². The highest BCUT2D eigenvalue weighted by Crippen LogP contribution is 2.26. The maximum Gasteiger partial charge on any atom is 0.255 e. The molecule has 2 aromatic heterocycles. The number of rotatable bonds is 7. The Hall–Kier alpha value is -3.97. The van der Waals surface area contributed by atoms with E-state index < -0.39 is 0 Å². The Balaban J connectivity index is 1.25. The van der Waals surface area contributed by atoms with Gasteiger partial charge in [-0.2, -0.15) is 5.10 Å². The average Bonchev–Trinajstić information content (AvgIpc) is 3.33. The van der Waals surface area contributed by atoms with Gasteiger partial charge in [0.25, 0.3) is 5.91 Å². The van der Waals surface area contributed by atoms with E-state index in [1.807, 2.05) is 60.7 Å². The maximum absolute atomic E-state index is 12.9. The van der Waals surface area contributed by atoms with Crippen molar-refractivity contribution < 1.29 is 4.79 Å². The maximum atomic E-state index is 12.9. The number of hydrogen-bond donors (Lipinski definition) is 2. The first-order valence-corrected chi connectivity index (χ1v) is 11.5. The van der Waals surface area contributed by atoms with E-state index in [9.17, 15) is 4.79 Å². The van der Waals surface area contributed by atoms with Gasteiger partial charge in [-0.15, -0.1) is 11.8 Å². The predicted molar refractivity (Wildman–Crippen MR) is 131 cm³/mol. The van der Waals surface area contributed by atoms with E-state index in [-0.39, 0.29) is 5.91 Å². The minimum atomic E-state index is -0.127. The largest absolute Gasteiger partial charge is 0.322 e. The second-order valence-electron chi connectivity index (χ2n) is 7.62. The number of aromatic amines is 1. The van der Waals surface area contributed by atoms with E-state index in [0.717, 1.165) is 39.3 Å². The van der Waals surface area contributed by atoms with E-state index in [0.29, 0.717) is 11.3 Å².